The number of benzene rings is 1. The number of halogens is 3. The van der Waals surface area contributed by atoms with E-state index in [0.717, 1.165) is 12.1 Å². The minimum atomic E-state index is -3.76. The summed E-state index contributed by atoms with van der Waals surface area (Å²) in [6.07, 6.45) is 0. The number of rotatable bonds is 7. The van der Waals surface area contributed by atoms with E-state index in [2.05, 4.69) is 10.3 Å². The fourth-order valence-corrected chi connectivity index (χ4v) is 3.40. The first kappa shape index (κ1) is 21.0. The average Bonchev–Trinajstić information content (AvgIpc) is 2.61. The molecule has 1 heterocycles. The minimum absolute atomic E-state index is 0.0987. The van der Waals surface area contributed by atoms with Gasteiger partial charge in [-0.25, -0.2) is 8.42 Å². The lowest BCUT2D eigenvalue weighted by atomic mass is 10.3. The summed E-state index contributed by atoms with van der Waals surface area (Å²) in [4.78, 5) is 13.7. The summed E-state index contributed by atoms with van der Waals surface area (Å²) in [5.74, 6) is -3.98. The number of anilines is 1. The number of aromatic hydroxyl groups is 1. The normalized spacial score (nSPS) is 11.3. The van der Waals surface area contributed by atoms with E-state index in [0.29, 0.717) is 0 Å². The van der Waals surface area contributed by atoms with Gasteiger partial charge in [0.15, 0.2) is 21.4 Å². The number of pyridine rings is 1. The molecule has 0 saturated heterocycles. The molecule has 0 bridgehead atoms. The van der Waals surface area contributed by atoms with Crippen LogP contribution in [0.25, 0.3) is 0 Å². The van der Waals surface area contributed by atoms with E-state index in [9.17, 15) is 22.7 Å². The maximum Gasteiger partial charge on any atom is 0.322 e. The molecule has 0 aliphatic carbocycles. The van der Waals surface area contributed by atoms with Crippen LogP contribution in [0.4, 0.5) is 10.2 Å². The van der Waals surface area contributed by atoms with Crippen molar-refractivity contribution in [3.8, 4) is 17.2 Å². The number of sulfone groups is 1. The van der Waals surface area contributed by atoms with Crippen molar-refractivity contribution in [2.45, 2.75) is 11.8 Å². The smallest absolute Gasteiger partial charge is 0.322 e. The van der Waals surface area contributed by atoms with Gasteiger partial charge in [0.25, 0.3) is 0 Å². The van der Waals surface area contributed by atoms with Crippen molar-refractivity contribution in [2.24, 2.45) is 0 Å². The van der Waals surface area contributed by atoms with E-state index < -0.39 is 44.8 Å². The van der Waals surface area contributed by atoms with E-state index in [4.69, 9.17) is 33.0 Å². The molecule has 0 atom stereocenters. The Morgan fingerprint density at radius 3 is 2.59 bits per heavy atom. The van der Waals surface area contributed by atoms with Crippen LogP contribution in [-0.2, 0) is 14.6 Å². The summed E-state index contributed by atoms with van der Waals surface area (Å²) >= 11 is 11.9. The topological polar surface area (TPSA) is 126 Å². The molecule has 12 heteroatoms. The zero-order chi connectivity index (χ0) is 20.4. The van der Waals surface area contributed by atoms with Crippen molar-refractivity contribution in [3.63, 3.8) is 0 Å². The predicted octanol–water partition coefficient (Wildman–Crippen LogP) is 3.32. The Labute approximate surface area is 163 Å². The quantitative estimate of drug-likeness (QED) is 0.561. The first-order valence-electron chi connectivity index (χ1n) is 7.30. The Morgan fingerprint density at radius 2 is 2.00 bits per heavy atom. The van der Waals surface area contributed by atoms with E-state index in [-0.39, 0.29) is 27.2 Å². The Balaban J connectivity index is 2.48. The molecule has 3 N–H and O–H groups in total. The molecular formula is C15H13Cl2FN2O6S. The number of phenolic OH excluding ortho intramolecular Hbond substituents is 1. The Morgan fingerprint density at radius 1 is 1.33 bits per heavy atom. The third-order valence-corrected chi connectivity index (χ3v) is 5.71. The van der Waals surface area contributed by atoms with Crippen molar-refractivity contribution in [1.29, 1.82) is 0 Å². The van der Waals surface area contributed by atoms with Gasteiger partial charge in [-0.1, -0.05) is 30.1 Å². The molecule has 0 saturated carbocycles. The SMILES string of the molecule is CCS(=O)(=O)c1cc(Oc2c(Cl)c(F)nc(NCC(=O)O)c2Cl)ccc1O. The van der Waals surface area contributed by atoms with Gasteiger partial charge in [-0.3, -0.25) is 4.79 Å². The third kappa shape index (κ3) is 4.71. The number of aromatic nitrogens is 1. The first-order valence-corrected chi connectivity index (χ1v) is 9.71. The fourth-order valence-electron chi connectivity index (χ4n) is 1.94. The lowest BCUT2D eigenvalue weighted by Crippen LogP contribution is -2.14. The molecule has 0 amide bonds. The maximum absolute atomic E-state index is 13.9. The molecule has 0 aliphatic rings. The Bertz CT molecular complexity index is 1000. The van der Waals surface area contributed by atoms with Crippen LogP contribution < -0.4 is 10.1 Å². The summed E-state index contributed by atoms with van der Waals surface area (Å²) in [6, 6.07) is 3.34. The van der Waals surface area contributed by atoms with Gasteiger partial charge in [-0.15, -0.1) is 0 Å². The lowest BCUT2D eigenvalue weighted by Gasteiger charge is -2.14. The number of carboxylic acids is 1. The van der Waals surface area contributed by atoms with Gasteiger partial charge >= 0.3 is 5.97 Å². The van der Waals surface area contributed by atoms with Crippen LogP contribution in [-0.4, -0.2) is 41.9 Å². The van der Waals surface area contributed by atoms with Gasteiger partial charge in [-0.05, 0) is 12.1 Å². The van der Waals surface area contributed by atoms with E-state index >= 15 is 0 Å². The number of ether oxygens (including phenoxy) is 1. The number of carboxylic acid groups (broad SMARTS) is 1. The number of nitrogens with one attached hydrogen (secondary N) is 1. The van der Waals surface area contributed by atoms with E-state index in [1.165, 1.54) is 13.0 Å². The molecule has 8 nitrogen and oxygen atoms in total. The van der Waals surface area contributed by atoms with Gasteiger partial charge < -0.3 is 20.3 Å². The molecule has 0 fully saturated rings. The highest BCUT2D eigenvalue weighted by molar-refractivity contribution is 7.91. The largest absolute Gasteiger partial charge is 0.507 e. The van der Waals surface area contributed by atoms with Crippen LogP contribution in [0, 0.1) is 5.95 Å². The van der Waals surface area contributed by atoms with Crippen molar-refractivity contribution >= 4 is 44.8 Å². The molecule has 1 aromatic heterocycles. The number of phenols is 1. The van der Waals surface area contributed by atoms with Crippen LogP contribution in [0.2, 0.25) is 10.0 Å². The summed E-state index contributed by atoms with van der Waals surface area (Å²) in [5, 5.41) is 19.9. The van der Waals surface area contributed by atoms with Gasteiger partial charge in [-0.2, -0.15) is 9.37 Å². The van der Waals surface area contributed by atoms with Crippen molar-refractivity contribution in [3.05, 3.63) is 34.2 Å². The highest BCUT2D eigenvalue weighted by atomic mass is 35.5. The van der Waals surface area contributed by atoms with Crippen LogP contribution >= 0.6 is 23.2 Å². The van der Waals surface area contributed by atoms with Crippen LogP contribution in [0.15, 0.2) is 23.1 Å². The van der Waals surface area contributed by atoms with Crippen LogP contribution in [0.1, 0.15) is 6.92 Å². The molecule has 2 rings (SSSR count). The first-order chi connectivity index (χ1) is 12.6. The molecule has 0 radical (unpaired) electrons. The molecule has 0 spiro atoms. The predicted molar refractivity (Wildman–Crippen MR) is 96.2 cm³/mol. The minimum Gasteiger partial charge on any atom is -0.507 e. The summed E-state index contributed by atoms with van der Waals surface area (Å²) in [5.41, 5.74) is 0. The lowest BCUT2D eigenvalue weighted by molar-refractivity contribution is -0.134. The van der Waals surface area contributed by atoms with Crippen LogP contribution in [0.3, 0.4) is 0 Å². The Hall–Kier alpha value is -2.30. The monoisotopic (exact) mass is 438 g/mol. The standard InChI is InChI=1S/C15H13Cl2FN2O6S/c1-2-27(24,25)9-5-7(3-4-8(9)21)26-13-11(16)14(18)20-15(12(13)17)19-6-10(22)23/h3-5,21H,2,6H2,1H3,(H,19,20)(H,22,23). The fraction of sp³-hybridized carbons (Fsp3) is 0.200. The summed E-state index contributed by atoms with van der Waals surface area (Å²) in [6.45, 7) is 0.806. The number of nitrogens with zero attached hydrogens (tertiary/aromatic N) is 1. The highest BCUT2D eigenvalue weighted by Gasteiger charge is 2.22. The second-order valence-electron chi connectivity index (χ2n) is 5.09. The maximum atomic E-state index is 13.9. The number of hydrogen-bond donors (Lipinski definition) is 3. The zero-order valence-electron chi connectivity index (χ0n) is 13.7. The molecule has 146 valence electrons. The Kier molecular flexibility index (Phi) is 6.34. The third-order valence-electron chi connectivity index (χ3n) is 3.27. The molecule has 0 aliphatic heterocycles. The molecule has 1 aromatic carbocycles. The number of aliphatic carboxylic acids is 1. The second-order valence-corrected chi connectivity index (χ2v) is 8.09. The zero-order valence-corrected chi connectivity index (χ0v) is 16.0. The van der Waals surface area contributed by atoms with E-state index in [1.54, 1.807) is 0 Å². The molecule has 0 unspecified atom stereocenters. The van der Waals surface area contributed by atoms with E-state index in [1.807, 2.05) is 0 Å². The van der Waals surface area contributed by atoms with Crippen molar-refractivity contribution in [1.82, 2.24) is 4.98 Å². The number of carbonyl (C=O) groups is 1. The molecular weight excluding hydrogens is 426 g/mol. The second kappa shape index (κ2) is 8.15. The number of hydrogen-bond acceptors (Lipinski definition) is 7. The molecule has 27 heavy (non-hydrogen) atoms. The van der Waals surface area contributed by atoms with Crippen LogP contribution in [0.5, 0.6) is 17.2 Å². The average molecular weight is 439 g/mol. The van der Waals surface area contributed by atoms with Crippen molar-refractivity contribution < 1.29 is 32.6 Å². The van der Waals surface area contributed by atoms with Gasteiger partial charge in [0.1, 0.15) is 33.0 Å². The van der Waals surface area contributed by atoms with Gasteiger partial charge in [0.05, 0.1) is 5.75 Å². The van der Waals surface area contributed by atoms with Crippen molar-refractivity contribution in [2.75, 3.05) is 17.6 Å². The highest BCUT2D eigenvalue weighted by Crippen LogP contribution is 2.42. The van der Waals surface area contributed by atoms with Gasteiger partial charge in [0.2, 0.25) is 5.95 Å². The summed E-state index contributed by atoms with van der Waals surface area (Å²) < 4.78 is 43.4. The molecule has 2 aromatic rings. The van der Waals surface area contributed by atoms with Gasteiger partial charge in [0, 0.05) is 6.07 Å². The summed E-state index contributed by atoms with van der Waals surface area (Å²) in [7, 11) is -3.76.